The van der Waals surface area contributed by atoms with E-state index in [0.717, 1.165) is 24.0 Å². The van der Waals surface area contributed by atoms with E-state index in [1.54, 1.807) is 35.9 Å². The average molecular weight is 583 g/mol. The van der Waals surface area contributed by atoms with Crippen molar-refractivity contribution >= 4 is 22.7 Å². The quantitative estimate of drug-likeness (QED) is 0.271. The predicted octanol–water partition coefficient (Wildman–Crippen LogP) is 6.00. The monoisotopic (exact) mass is 582 g/mol. The molecule has 2 heterocycles. The fourth-order valence-electron chi connectivity index (χ4n) is 5.36. The number of hydrogen-bond donors (Lipinski definition) is 1. The van der Waals surface area contributed by atoms with Gasteiger partial charge in [-0.05, 0) is 73.2 Å². The third-order valence-corrected chi connectivity index (χ3v) is 7.65. The predicted molar refractivity (Wildman–Crippen MR) is 150 cm³/mol. The van der Waals surface area contributed by atoms with Crippen LogP contribution in [0.25, 0.3) is 22.0 Å². The number of carbonyl (C=O) groups is 2. The summed E-state index contributed by atoms with van der Waals surface area (Å²) in [5.41, 5.74) is 3.54. The summed E-state index contributed by atoms with van der Waals surface area (Å²) < 4.78 is 58.2. The maximum atomic E-state index is 13.6. The standard InChI is InChI=1S/C31H30F4N4O3/c1-19-24(29(40)36-18-31(33,34)35)9-10-27-26(19)17-39(37-27)16-20-11-13-38(14-12-20)30(41)22-5-3-21(4-6-22)25-8-7-23(32)15-28(25)42-2/h3-10,15,17,20H,11-14,16,18H2,1-2H3,(H,36,40). The molecule has 1 aromatic heterocycles. The second kappa shape index (κ2) is 11.8. The molecular formula is C31H30F4N4O3. The third kappa shape index (κ3) is 6.40. The number of benzene rings is 3. The Balaban J connectivity index is 1.19. The molecule has 11 heteroatoms. The number of ether oxygens (including phenoxy) is 1. The molecular weight excluding hydrogens is 552 g/mol. The first-order valence-electron chi connectivity index (χ1n) is 13.6. The molecule has 0 unspecified atom stereocenters. The highest BCUT2D eigenvalue weighted by Gasteiger charge is 2.29. The molecule has 42 heavy (non-hydrogen) atoms. The number of alkyl halides is 3. The number of aromatic nitrogens is 2. The van der Waals surface area contributed by atoms with Crippen LogP contribution < -0.4 is 10.1 Å². The number of likely N-dealkylation sites (tertiary alicyclic amines) is 1. The van der Waals surface area contributed by atoms with Gasteiger partial charge in [-0.3, -0.25) is 14.3 Å². The molecule has 5 rings (SSSR count). The first-order chi connectivity index (χ1) is 20.0. The number of rotatable bonds is 7. The smallest absolute Gasteiger partial charge is 0.405 e. The topological polar surface area (TPSA) is 76.5 Å². The Morgan fingerprint density at radius 3 is 2.43 bits per heavy atom. The van der Waals surface area contributed by atoms with Gasteiger partial charge in [0.15, 0.2) is 0 Å². The summed E-state index contributed by atoms with van der Waals surface area (Å²) in [5.74, 6) is -0.512. The summed E-state index contributed by atoms with van der Waals surface area (Å²) in [6.07, 6.45) is -1.09. The number of halogens is 4. The van der Waals surface area contributed by atoms with Crippen molar-refractivity contribution in [1.82, 2.24) is 20.0 Å². The Kier molecular flexibility index (Phi) is 8.20. The molecule has 1 saturated heterocycles. The molecule has 220 valence electrons. The van der Waals surface area contributed by atoms with Gasteiger partial charge in [0, 0.05) is 54.0 Å². The Labute approximate surface area is 240 Å². The molecule has 0 bridgehead atoms. The van der Waals surface area contributed by atoms with E-state index >= 15 is 0 Å². The first kappa shape index (κ1) is 29.1. The normalized spacial score (nSPS) is 14.3. The van der Waals surface area contributed by atoms with Gasteiger partial charge in [0.2, 0.25) is 0 Å². The summed E-state index contributed by atoms with van der Waals surface area (Å²) >= 11 is 0. The first-order valence-corrected chi connectivity index (χ1v) is 13.6. The van der Waals surface area contributed by atoms with Crippen molar-refractivity contribution in [3.8, 4) is 16.9 Å². The Morgan fingerprint density at radius 1 is 1.05 bits per heavy atom. The second-order valence-corrected chi connectivity index (χ2v) is 10.5. The Hall–Kier alpha value is -4.41. The van der Waals surface area contributed by atoms with Crippen molar-refractivity contribution in [2.45, 2.75) is 32.5 Å². The van der Waals surface area contributed by atoms with Gasteiger partial charge in [0.1, 0.15) is 18.1 Å². The molecule has 0 radical (unpaired) electrons. The number of nitrogens with zero attached hydrogens (tertiary/aromatic N) is 3. The summed E-state index contributed by atoms with van der Waals surface area (Å²) in [6, 6.07) is 14.7. The molecule has 0 aliphatic carbocycles. The van der Waals surface area contributed by atoms with E-state index in [4.69, 9.17) is 4.74 Å². The van der Waals surface area contributed by atoms with Gasteiger partial charge < -0.3 is 15.0 Å². The van der Waals surface area contributed by atoms with Crippen LogP contribution in [0.4, 0.5) is 17.6 Å². The molecule has 7 nitrogen and oxygen atoms in total. The van der Waals surface area contributed by atoms with Crippen LogP contribution in [-0.2, 0) is 6.54 Å². The Morgan fingerprint density at radius 2 is 1.76 bits per heavy atom. The second-order valence-electron chi connectivity index (χ2n) is 10.5. The lowest BCUT2D eigenvalue weighted by Crippen LogP contribution is -2.39. The molecule has 3 aromatic carbocycles. The molecule has 4 aromatic rings. The van der Waals surface area contributed by atoms with Crippen LogP contribution in [0, 0.1) is 18.7 Å². The molecule has 2 amide bonds. The van der Waals surface area contributed by atoms with Gasteiger partial charge in [-0.15, -0.1) is 0 Å². The zero-order valence-electron chi connectivity index (χ0n) is 23.2. The molecule has 1 aliphatic rings. The molecule has 0 saturated carbocycles. The van der Waals surface area contributed by atoms with Crippen LogP contribution in [0.3, 0.4) is 0 Å². The largest absolute Gasteiger partial charge is 0.496 e. The van der Waals surface area contributed by atoms with E-state index in [2.05, 4.69) is 5.10 Å². The number of methoxy groups -OCH3 is 1. The van der Waals surface area contributed by atoms with Crippen molar-refractivity contribution in [2.75, 3.05) is 26.7 Å². The fourth-order valence-corrected chi connectivity index (χ4v) is 5.36. The van der Waals surface area contributed by atoms with Gasteiger partial charge in [-0.25, -0.2) is 4.39 Å². The number of amides is 2. The Bertz CT molecular complexity index is 1610. The highest BCUT2D eigenvalue weighted by molar-refractivity contribution is 6.00. The molecule has 1 N–H and O–H groups in total. The zero-order valence-corrected chi connectivity index (χ0v) is 23.2. The van der Waals surface area contributed by atoms with Crippen LogP contribution >= 0.6 is 0 Å². The zero-order chi connectivity index (χ0) is 30.0. The van der Waals surface area contributed by atoms with Crippen LogP contribution in [0.2, 0.25) is 0 Å². The third-order valence-electron chi connectivity index (χ3n) is 7.65. The van der Waals surface area contributed by atoms with Gasteiger partial charge >= 0.3 is 6.18 Å². The lowest BCUT2D eigenvalue weighted by atomic mass is 9.96. The molecule has 1 aliphatic heterocycles. The highest BCUT2D eigenvalue weighted by Crippen LogP contribution is 2.31. The number of aryl methyl sites for hydroxylation is 1. The van der Waals surface area contributed by atoms with E-state index < -0.39 is 18.6 Å². The van der Waals surface area contributed by atoms with Crippen molar-refractivity contribution < 1.29 is 31.9 Å². The van der Waals surface area contributed by atoms with Crippen molar-refractivity contribution in [3.63, 3.8) is 0 Å². The van der Waals surface area contributed by atoms with Gasteiger partial charge in [-0.1, -0.05) is 12.1 Å². The van der Waals surface area contributed by atoms with E-state index in [1.807, 2.05) is 28.5 Å². The summed E-state index contributed by atoms with van der Waals surface area (Å²) in [6.45, 7) is 2.13. The van der Waals surface area contributed by atoms with Crippen molar-refractivity contribution in [2.24, 2.45) is 5.92 Å². The van der Waals surface area contributed by atoms with Crippen molar-refractivity contribution in [1.29, 1.82) is 0 Å². The fraction of sp³-hybridized carbons (Fsp3) is 0.323. The number of piperidine rings is 1. The van der Waals surface area contributed by atoms with Gasteiger partial charge in [0.05, 0.1) is 12.6 Å². The van der Waals surface area contributed by atoms with Crippen LogP contribution in [0.5, 0.6) is 5.75 Å². The van der Waals surface area contributed by atoms with Crippen LogP contribution in [0.15, 0.2) is 60.8 Å². The number of nitrogens with one attached hydrogen (secondary N) is 1. The van der Waals surface area contributed by atoms with E-state index in [9.17, 15) is 27.2 Å². The minimum atomic E-state index is -4.48. The minimum absolute atomic E-state index is 0.0529. The average Bonchev–Trinajstić information content (AvgIpc) is 3.39. The van der Waals surface area contributed by atoms with E-state index in [0.29, 0.717) is 47.4 Å². The number of carbonyl (C=O) groups excluding carboxylic acids is 2. The van der Waals surface area contributed by atoms with E-state index in [-0.39, 0.29) is 23.2 Å². The molecule has 1 fully saturated rings. The SMILES string of the molecule is COc1cc(F)ccc1-c1ccc(C(=O)N2CCC(Cn3cc4c(C)c(C(=O)NCC(F)(F)F)ccc4n3)CC2)cc1. The minimum Gasteiger partial charge on any atom is -0.496 e. The van der Waals surface area contributed by atoms with Crippen LogP contribution in [0.1, 0.15) is 39.1 Å². The maximum Gasteiger partial charge on any atom is 0.405 e. The molecule has 0 atom stereocenters. The van der Waals surface area contributed by atoms with Gasteiger partial charge in [-0.2, -0.15) is 18.3 Å². The lowest BCUT2D eigenvalue weighted by molar-refractivity contribution is -0.123. The lowest BCUT2D eigenvalue weighted by Gasteiger charge is -2.32. The summed E-state index contributed by atoms with van der Waals surface area (Å²) in [7, 11) is 1.48. The van der Waals surface area contributed by atoms with E-state index in [1.165, 1.54) is 25.3 Å². The number of fused-ring (bicyclic) bond motifs is 1. The highest BCUT2D eigenvalue weighted by atomic mass is 19.4. The number of hydrogen-bond acceptors (Lipinski definition) is 4. The molecule has 0 spiro atoms. The maximum absolute atomic E-state index is 13.6. The van der Waals surface area contributed by atoms with Crippen molar-refractivity contribution in [3.05, 3.63) is 83.3 Å². The van der Waals surface area contributed by atoms with Crippen LogP contribution in [-0.4, -0.2) is 59.4 Å². The van der Waals surface area contributed by atoms with Gasteiger partial charge in [0.25, 0.3) is 11.8 Å². The summed E-state index contributed by atoms with van der Waals surface area (Å²) in [4.78, 5) is 27.3. The summed E-state index contributed by atoms with van der Waals surface area (Å²) in [5, 5.41) is 7.23.